The second kappa shape index (κ2) is 6.89. The smallest absolute Gasteiger partial charge is 0.326 e. The average Bonchev–Trinajstić information content (AvgIpc) is 2.36. The largest absolute Gasteiger partial charge is 0.481 e. The van der Waals surface area contributed by atoms with E-state index in [1.165, 1.54) is 6.20 Å². The minimum atomic E-state index is -1.49. The van der Waals surface area contributed by atoms with Crippen LogP contribution in [0.5, 0.6) is 0 Å². The molecule has 0 radical (unpaired) electrons. The van der Waals surface area contributed by atoms with Gasteiger partial charge in [0.05, 0.1) is 18.7 Å². The summed E-state index contributed by atoms with van der Waals surface area (Å²) in [4.78, 5) is 32.5. The van der Waals surface area contributed by atoms with E-state index in [0.717, 1.165) is 0 Å². The number of urea groups is 1. The van der Waals surface area contributed by atoms with Crippen molar-refractivity contribution < 1.29 is 24.6 Å². The van der Waals surface area contributed by atoms with Crippen LogP contribution in [-0.4, -0.2) is 44.4 Å². The van der Waals surface area contributed by atoms with Gasteiger partial charge in [0.1, 0.15) is 6.04 Å². The molecule has 1 aromatic rings. The van der Waals surface area contributed by atoms with E-state index >= 15 is 0 Å². The highest BCUT2D eigenvalue weighted by atomic mass is 16.4. The molecule has 0 aliphatic rings. The molecule has 2 amide bonds. The van der Waals surface area contributed by atoms with Gasteiger partial charge in [0.15, 0.2) is 0 Å². The van der Waals surface area contributed by atoms with Crippen molar-refractivity contribution in [1.82, 2.24) is 20.8 Å². The first-order chi connectivity index (χ1) is 8.99. The Labute approximate surface area is 107 Å². The standard InChI is InChI=1S/C10H12N4O5/c15-8(16)4-7(9(17)18)13-10(19)11-5-6-2-1-3-12-14-6/h1-3,7H,4-5H2,(H,15,16)(H,17,18)(H2,11,13,19). The van der Waals surface area contributed by atoms with Crippen LogP contribution in [0.3, 0.4) is 0 Å². The zero-order valence-electron chi connectivity index (χ0n) is 9.74. The summed E-state index contributed by atoms with van der Waals surface area (Å²) in [5, 5.41) is 28.9. The van der Waals surface area contributed by atoms with Crippen molar-refractivity contribution >= 4 is 18.0 Å². The van der Waals surface area contributed by atoms with Crippen molar-refractivity contribution in [3.63, 3.8) is 0 Å². The monoisotopic (exact) mass is 268 g/mol. The van der Waals surface area contributed by atoms with Crippen molar-refractivity contribution in [2.45, 2.75) is 19.0 Å². The number of amides is 2. The van der Waals surface area contributed by atoms with E-state index in [1.54, 1.807) is 12.1 Å². The summed E-state index contributed by atoms with van der Waals surface area (Å²) in [6, 6.07) is 0.977. The molecule has 4 N–H and O–H groups in total. The highest BCUT2D eigenvalue weighted by Crippen LogP contribution is 1.94. The third-order valence-electron chi connectivity index (χ3n) is 2.04. The quantitative estimate of drug-likeness (QED) is 0.529. The summed E-state index contributed by atoms with van der Waals surface area (Å²) in [5.74, 6) is -2.74. The van der Waals surface area contributed by atoms with Crippen molar-refractivity contribution in [3.05, 3.63) is 24.0 Å². The van der Waals surface area contributed by atoms with Crippen molar-refractivity contribution in [2.75, 3.05) is 0 Å². The predicted molar refractivity (Wildman–Crippen MR) is 61.1 cm³/mol. The molecular weight excluding hydrogens is 256 g/mol. The second-order valence-corrected chi connectivity index (χ2v) is 3.53. The van der Waals surface area contributed by atoms with Crippen LogP contribution in [0.15, 0.2) is 18.3 Å². The van der Waals surface area contributed by atoms with Gasteiger partial charge in [-0.1, -0.05) is 0 Å². The van der Waals surface area contributed by atoms with Crippen LogP contribution >= 0.6 is 0 Å². The summed E-state index contributed by atoms with van der Waals surface area (Å²) < 4.78 is 0. The van der Waals surface area contributed by atoms with Gasteiger partial charge in [0, 0.05) is 6.20 Å². The number of carbonyl (C=O) groups is 3. The fourth-order valence-corrected chi connectivity index (χ4v) is 1.18. The molecule has 102 valence electrons. The number of nitrogens with one attached hydrogen (secondary N) is 2. The molecule has 1 atom stereocenters. The molecule has 0 aromatic carbocycles. The van der Waals surface area contributed by atoms with Crippen LogP contribution in [-0.2, 0) is 16.1 Å². The molecule has 0 saturated carbocycles. The lowest BCUT2D eigenvalue weighted by Gasteiger charge is -2.12. The maximum absolute atomic E-state index is 11.4. The molecular formula is C10H12N4O5. The van der Waals surface area contributed by atoms with Crippen molar-refractivity contribution in [1.29, 1.82) is 0 Å². The van der Waals surface area contributed by atoms with E-state index in [2.05, 4.69) is 15.5 Å². The molecule has 0 aliphatic carbocycles. The van der Waals surface area contributed by atoms with Gasteiger partial charge in [-0.15, -0.1) is 0 Å². The minimum Gasteiger partial charge on any atom is -0.481 e. The number of carboxylic acids is 2. The van der Waals surface area contributed by atoms with Gasteiger partial charge in [-0.25, -0.2) is 9.59 Å². The Bertz CT molecular complexity index is 464. The van der Waals surface area contributed by atoms with Crippen LogP contribution < -0.4 is 10.6 Å². The first-order valence-electron chi connectivity index (χ1n) is 5.24. The highest BCUT2D eigenvalue weighted by Gasteiger charge is 2.22. The number of rotatable bonds is 6. The molecule has 1 heterocycles. The molecule has 0 bridgehead atoms. The van der Waals surface area contributed by atoms with E-state index in [1.807, 2.05) is 5.32 Å². The van der Waals surface area contributed by atoms with Gasteiger partial charge in [0.2, 0.25) is 0 Å². The Morgan fingerprint density at radius 1 is 1.32 bits per heavy atom. The van der Waals surface area contributed by atoms with Gasteiger partial charge < -0.3 is 20.8 Å². The summed E-state index contributed by atoms with van der Waals surface area (Å²) in [5.41, 5.74) is 0.489. The second-order valence-electron chi connectivity index (χ2n) is 3.53. The fourth-order valence-electron chi connectivity index (χ4n) is 1.18. The zero-order valence-corrected chi connectivity index (χ0v) is 9.74. The first-order valence-corrected chi connectivity index (χ1v) is 5.24. The number of hydrogen-bond donors (Lipinski definition) is 4. The maximum atomic E-state index is 11.4. The number of carboxylic acid groups (broad SMARTS) is 2. The summed E-state index contributed by atoms with van der Waals surface area (Å²) in [6.45, 7) is 0.0546. The van der Waals surface area contributed by atoms with E-state index in [4.69, 9.17) is 10.2 Å². The first kappa shape index (κ1) is 14.4. The molecule has 0 aliphatic heterocycles. The molecule has 9 nitrogen and oxygen atoms in total. The third-order valence-corrected chi connectivity index (χ3v) is 2.04. The average molecular weight is 268 g/mol. The zero-order chi connectivity index (χ0) is 14.3. The SMILES string of the molecule is O=C(O)CC(NC(=O)NCc1cccnn1)C(=O)O. The van der Waals surface area contributed by atoms with Gasteiger partial charge in [-0.05, 0) is 12.1 Å². The van der Waals surface area contributed by atoms with Crippen LogP contribution in [0.25, 0.3) is 0 Å². The van der Waals surface area contributed by atoms with Crippen molar-refractivity contribution in [3.8, 4) is 0 Å². The Kier molecular flexibility index (Phi) is 5.20. The Morgan fingerprint density at radius 2 is 2.05 bits per heavy atom. The Morgan fingerprint density at radius 3 is 2.58 bits per heavy atom. The summed E-state index contributed by atoms with van der Waals surface area (Å²) in [6.07, 6.45) is 0.769. The van der Waals surface area contributed by atoms with Crippen LogP contribution in [0.4, 0.5) is 4.79 Å². The van der Waals surface area contributed by atoms with E-state index < -0.39 is 30.4 Å². The van der Waals surface area contributed by atoms with E-state index in [0.29, 0.717) is 5.69 Å². The summed E-state index contributed by atoms with van der Waals surface area (Å²) >= 11 is 0. The Hall–Kier alpha value is -2.71. The molecule has 1 rings (SSSR count). The lowest BCUT2D eigenvalue weighted by Crippen LogP contribution is -2.46. The Balaban J connectivity index is 2.45. The molecule has 19 heavy (non-hydrogen) atoms. The summed E-state index contributed by atoms with van der Waals surface area (Å²) in [7, 11) is 0. The van der Waals surface area contributed by atoms with E-state index in [-0.39, 0.29) is 6.54 Å². The molecule has 0 fully saturated rings. The molecule has 0 saturated heterocycles. The molecule has 0 spiro atoms. The van der Waals surface area contributed by atoms with Crippen molar-refractivity contribution in [2.24, 2.45) is 0 Å². The number of hydrogen-bond acceptors (Lipinski definition) is 5. The normalized spacial score (nSPS) is 11.4. The number of carbonyl (C=O) groups excluding carboxylic acids is 1. The topological polar surface area (TPSA) is 142 Å². The van der Waals surface area contributed by atoms with Gasteiger partial charge in [0.25, 0.3) is 0 Å². The lowest BCUT2D eigenvalue weighted by atomic mass is 10.2. The maximum Gasteiger partial charge on any atom is 0.326 e. The molecule has 9 heteroatoms. The number of aliphatic carboxylic acids is 2. The number of aromatic nitrogens is 2. The van der Waals surface area contributed by atoms with Crippen LogP contribution in [0.2, 0.25) is 0 Å². The molecule has 1 unspecified atom stereocenters. The van der Waals surface area contributed by atoms with E-state index in [9.17, 15) is 14.4 Å². The van der Waals surface area contributed by atoms with Gasteiger partial charge >= 0.3 is 18.0 Å². The minimum absolute atomic E-state index is 0.0546. The van der Waals surface area contributed by atoms with Crippen LogP contribution in [0.1, 0.15) is 12.1 Å². The molecule has 1 aromatic heterocycles. The predicted octanol–water partition coefficient (Wildman–Crippen LogP) is -0.796. The van der Waals surface area contributed by atoms with Crippen LogP contribution in [0, 0.1) is 0 Å². The van der Waals surface area contributed by atoms with Gasteiger partial charge in [-0.2, -0.15) is 10.2 Å². The lowest BCUT2D eigenvalue weighted by molar-refractivity contribution is -0.145. The number of nitrogens with zero attached hydrogens (tertiary/aromatic N) is 2. The van der Waals surface area contributed by atoms with Gasteiger partial charge in [-0.3, -0.25) is 4.79 Å². The third kappa shape index (κ3) is 5.44. The fraction of sp³-hybridized carbons (Fsp3) is 0.300. The highest BCUT2D eigenvalue weighted by molar-refractivity contribution is 5.86.